The Hall–Kier alpha value is -0.590. The van der Waals surface area contributed by atoms with Crippen molar-refractivity contribution in [3.05, 3.63) is 11.6 Å². The fraction of sp³-hybridized carbons (Fsp3) is 0.857. The molecule has 0 aromatic heterocycles. The topological polar surface area (TPSA) is 17.1 Å². The summed E-state index contributed by atoms with van der Waals surface area (Å²) >= 11 is 0. The Morgan fingerprint density at radius 3 is 2.91 bits per heavy atom. The van der Waals surface area contributed by atoms with E-state index in [4.69, 9.17) is 0 Å². The molecule has 1 unspecified atom stereocenters. The van der Waals surface area contributed by atoms with Crippen LogP contribution in [0.4, 0.5) is 0 Å². The van der Waals surface area contributed by atoms with Gasteiger partial charge in [-0.25, -0.2) is 0 Å². The molecule has 4 aliphatic carbocycles. The summed E-state index contributed by atoms with van der Waals surface area (Å²) in [6.45, 7) is 4.94. The molecule has 4 aliphatic rings. The quantitative estimate of drug-likeness (QED) is 0.654. The molecule has 1 heteroatoms. The van der Waals surface area contributed by atoms with E-state index >= 15 is 0 Å². The molecule has 0 N–H and O–H groups in total. The van der Waals surface area contributed by atoms with Gasteiger partial charge in [-0.15, -0.1) is 0 Å². The van der Waals surface area contributed by atoms with Crippen LogP contribution < -0.4 is 0 Å². The lowest BCUT2D eigenvalue weighted by Gasteiger charge is -2.56. The highest BCUT2D eigenvalue weighted by molar-refractivity contribution is 5.91. The van der Waals surface area contributed by atoms with E-state index in [2.05, 4.69) is 19.9 Å². The first-order valence-electron chi connectivity index (χ1n) is 9.85. The molecule has 0 aliphatic heterocycles. The highest BCUT2D eigenvalue weighted by Gasteiger charge is 2.54. The van der Waals surface area contributed by atoms with Gasteiger partial charge in [0.2, 0.25) is 0 Å². The van der Waals surface area contributed by atoms with Gasteiger partial charge in [-0.05, 0) is 79.6 Å². The summed E-state index contributed by atoms with van der Waals surface area (Å²) < 4.78 is 0. The fourth-order valence-corrected chi connectivity index (χ4v) is 7.03. The van der Waals surface area contributed by atoms with Crippen molar-refractivity contribution in [3.8, 4) is 0 Å². The van der Waals surface area contributed by atoms with E-state index in [-0.39, 0.29) is 0 Å². The summed E-state index contributed by atoms with van der Waals surface area (Å²) in [4.78, 5) is 11.9. The van der Waals surface area contributed by atoms with E-state index in [9.17, 15) is 4.79 Å². The van der Waals surface area contributed by atoms with Gasteiger partial charge in [-0.3, -0.25) is 4.79 Å². The molecule has 122 valence electrons. The van der Waals surface area contributed by atoms with Crippen LogP contribution in [0.5, 0.6) is 0 Å². The second-order valence-corrected chi connectivity index (χ2v) is 9.02. The molecule has 0 aromatic carbocycles. The maximum absolute atomic E-state index is 11.9. The summed E-state index contributed by atoms with van der Waals surface area (Å²) in [7, 11) is 0. The Bertz CT molecular complexity index is 490. The molecule has 0 amide bonds. The summed E-state index contributed by atoms with van der Waals surface area (Å²) in [6.07, 6.45) is 15.3. The van der Waals surface area contributed by atoms with Crippen molar-refractivity contribution in [2.45, 2.75) is 78.1 Å². The van der Waals surface area contributed by atoms with Crippen LogP contribution in [0.1, 0.15) is 78.1 Å². The Morgan fingerprint density at radius 1 is 1.23 bits per heavy atom. The monoisotopic (exact) mass is 300 g/mol. The molecule has 3 saturated carbocycles. The van der Waals surface area contributed by atoms with Gasteiger partial charge in [0.15, 0.2) is 5.78 Å². The van der Waals surface area contributed by atoms with E-state index in [0.717, 1.165) is 42.4 Å². The Morgan fingerprint density at radius 2 is 2.09 bits per heavy atom. The number of rotatable bonds is 2. The van der Waals surface area contributed by atoms with Crippen molar-refractivity contribution in [2.75, 3.05) is 0 Å². The highest BCUT2D eigenvalue weighted by Crippen LogP contribution is 2.63. The van der Waals surface area contributed by atoms with Crippen molar-refractivity contribution in [1.29, 1.82) is 0 Å². The van der Waals surface area contributed by atoms with Gasteiger partial charge in [-0.1, -0.05) is 38.7 Å². The highest BCUT2D eigenvalue weighted by atomic mass is 16.1. The van der Waals surface area contributed by atoms with Crippen molar-refractivity contribution in [1.82, 2.24) is 0 Å². The molecule has 0 bridgehead atoms. The van der Waals surface area contributed by atoms with Gasteiger partial charge in [0.25, 0.3) is 0 Å². The van der Waals surface area contributed by atoms with Crippen molar-refractivity contribution in [3.63, 3.8) is 0 Å². The molecule has 6 atom stereocenters. The zero-order chi connectivity index (χ0) is 15.3. The first-order chi connectivity index (χ1) is 10.6. The van der Waals surface area contributed by atoms with Crippen LogP contribution in [0.15, 0.2) is 11.6 Å². The predicted molar refractivity (Wildman–Crippen MR) is 90.5 cm³/mol. The maximum atomic E-state index is 11.9. The summed E-state index contributed by atoms with van der Waals surface area (Å²) in [5.74, 6) is 4.90. The Labute approximate surface area is 135 Å². The SMILES string of the molecule is CCC[C@@H]1CC2=CC(=O)CCC2[C@H]2CC[C@]3(C)CCC[C@H]3[C@H]12. The largest absolute Gasteiger partial charge is 0.295 e. The molecule has 22 heavy (non-hydrogen) atoms. The van der Waals surface area contributed by atoms with Crippen LogP contribution in [0.3, 0.4) is 0 Å². The van der Waals surface area contributed by atoms with Gasteiger partial charge in [-0.2, -0.15) is 0 Å². The van der Waals surface area contributed by atoms with Gasteiger partial charge >= 0.3 is 0 Å². The Kier molecular flexibility index (Phi) is 3.74. The van der Waals surface area contributed by atoms with Gasteiger partial charge < -0.3 is 0 Å². The summed E-state index contributed by atoms with van der Waals surface area (Å²) in [5, 5.41) is 0. The van der Waals surface area contributed by atoms with Crippen molar-refractivity contribution < 1.29 is 4.79 Å². The van der Waals surface area contributed by atoms with Crippen LogP contribution in [0, 0.1) is 35.0 Å². The third-order valence-corrected chi connectivity index (χ3v) is 7.91. The van der Waals surface area contributed by atoms with E-state index in [1.165, 1.54) is 51.4 Å². The smallest absolute Gasteiger partial charge is 0.155 e. The zero-order valence-electron chi connectivity index (χ0n) is 14.4. The first-order valence-corrected chi connectivity index (χ1v) is 9.85. The third kappa shape index (κ3) is 2.22. The maximum Gasteiger partial charge on any atom is 0.155 e. The van der Waals surface area contributed by atoms with Crippen LogP contribution in [-0.4, -0.2) is 5.78 Å². The van der Waals surface area contributed by atoms with Crippen LogP contribution >= 0.6 is 0 Å². The number of allylic oxidation sites excluding steroid dienone is 1. The molecular weight excluding hydrogens is 268 g/mol. The van der Waals surface area contributed by atoms with Crippen molar-refractivity contribution in [2.24, 2.45) is 35.0 Å². The van der Waals surface area contributed by atoms with E-state index in [1.807, 2.05) is 0 Å². The second-order valence-electron chi connectivity index (χ2n) is 9.02. The average molecular weight is 300 g/mol. The second kappa shape index (κ2) is 5.49. The molecule has 0 spiro atoms. The molecule has 1 nitrogen and oxygen atoms in total. The first kappa shape index (κ1) is 15.0. The molecule has 0 heterocycles. The van der Waals surface area contributed by atoms with E-state index in [0.29, 0.717) is 11.2 Å². The van der Waals surface area contributed by atoms with Crippen LogP contribution in [0.2, 0.25) is 0 Å². The molecule has 4 rings (SSSR count). The minimum Gasteiger partial charge on any atom is -0.295 e. The third-order valence-electron chi connectivity index (χ3n) is 7.91. The normalized spacial score (nSPS) is 47.5. The minimum absolute atomic E-state index is 0.404. The summed E-state index contributed by atoms with van der Waals surface area (Å²) in [6, 6.07) is 0. The average Bonchev–Trinajstić information content (AvgIpc) is 2.88. The number of carbonyl (C=O) groups is 1. The predicted octanol–water partition coefficient (Wildman–Crippen LogP) is 5.54. The molecule has 0 saturated heterocycles. The van der Waals surface area contributed by atoms with Crippen LogP contribution in [0.25, 0.3) is 0 Å². The van der Waals surface area contributed by atoms with Crippen LogP contribution in [-0.2, 0) is 4.79 Å². The lowest BCUT2D eigenvalue weighted by atomic mass is 9.49. The van der Waals surface area contributed by atoms with Gasteiger partial charge in [0.1, 0.15) is 0 Å². The van der Waals surface area contributed by atoms with E-state index in [1.54, 1.807) is 5.57 Å². The van der Waals surface area contributed by atoms with Crippen molar-refractivity contribution >= 4 is 5.78 Å². The number of hydrogen-bond acceptors (Lipinski definition) is 1. The number of ketones is 1. The molecular formula is C21H32O. The van der Waals surface area contributed by atoms with Gasteiger partial charge in [0, 0.05) is 6.42 Å². The lowest BCUT2D eigenvalue weighted by Crippen LogP contribution is -2.48. The summed E-state index contributed by atoms with van der Waals surface area (Å²) in [5.41, 5.74) is 2.20. The van der Waals surface area contributed by atoms with Gasteiger partial charge in [0.05, 0.1) is 0 Å². The standard InChI is InChI=1S/C21H32O/c1-3-5-14-12-15-13-16(22)7-8-17(15)18-9-11-21(2)10-4-6-19(21)20(14)18/h13-14,17-20H,3-12H2,1-2H3/t14-,17?,18-,19+,20-,21+/m1/s1. The minimum atomic E-state index is 0.404. The molecule has 0 radical (unpaired) electrons. The fourth-order valence-electron chi connectivity index (χ4n) is 7.03. The lowest BCUT2D eigenvalue weighted by molar-refractivity contribution is -0.116. The zero-order valence-corrected chi connectivity index (χ0v) is 14.4. The Balaban J connectivity index is 1.69. The molecule has 3 fully saturated rings. The number of hydrogen-bond donors (Lipinski definition) is 0. The van der Waals surface area contributed by atoms with E-state index < -0.39 is 0 Å². The number of carbonyl (C=O) groups excluding carboxylic acids is 1. The molecule has 0 aromatic rings. The number of fused-ring (bicyclic) bond motifs is 5.